The summed E-state index contributed by atoms with van der Waals surface area (Å²) < 4.78 is 0. The Balaban J connectivity index is 0.00000196. The third-order valence-corrected chi connectivity index (χ3v) is 1.58. The SMILES string of the molecule is O=C([O-])CNc1ccccc1C(=O)O.[Na+]. The molecule has 0 saturated carbocycles. The van der Waals surface area contributed by atoms with Crippen molar-refractivity contribution in [1.29, 1.82) is 0 Å². The molecule has 2 N–H and O–H groups in total. The molecular formula is C9H8NNaO4. The summed E-state index contributed by atoms with van der Waals surface area (Å²) >= 11 is 0. The van der Waals surface area contributed by atoms with Gasteiger partial charge in [0.25, 0.3) is 0 Å². The molecule has 0 fully saturated rings. The van der Waals surface area contributed by atoms with E-state index in [9.17, 15) is 14.7 Å². The van der Waals surface area contributed by atoms with Gasteiger partial charge in [-0.25, -0.2) is 4.79 Å². The topological polar surface area (TPSA) is 89.5 Å². The Morgan fingerprint density at radius 3 is 2.47 bits per heavy atom. The Kier molecular flexibility index (Phi) is 6.00. The van der Waals surface area contributed by atoms with E-state index >= 15 is 0 Å². The van der Waals surface area contributed by atoms with Crippen LogP contribution < -0.4 is 40.0 Å². The number of aliphatic carboxylic acids is 1. The van der Waals surface area contributed by atoms with E-state index in [-0.39, 0.29) is 40.8 Å². The van der Waals surface area contributed by atoms with E-state index in [1.54, 1.807) is 12.1 Å². The molecule has 0 aliphatic heterocycles. The summed E-state index contributed by atoms with van der Waals surface area (Å²) in [4.78, 5) is 20.8. The first-order chi connectivity index (χ1) is 6.61. The van der Waals surface area contributed by atoms with Gasteiger partial charge in [-0.15, -0.1) is 0 Å². The molecule has 0 saturated heterocycles. The summed E-state index contributed by atoms with van der Waals surface area (Å²) in [6.07, 6.45) is 0. The van der Waals surface area contributed by atoms with Crippen LogP contribution >= 0.6 is 0 Å². The van der Waals surface area contributed by atoms with Crippen LogP contribution in [-0.4, -0.2) is 23.6 Å². The first-order valence-corrected chi connectivity index (χ1v) is 3.87. The van der Waals surface area contributed by atoms with Gasteiger partial charge in [0.15, 0.2) is 0 Å². The molecule has 0 unspecified atom stereocenters. The Morgan fingerprint density at radius 2 is 1.93 bits per heavy atom. The summed E-state index contributed by atoms with van der Waals surface area (Å²) in [5.74, 6) is -2.39. The van der Waals surface area contributed by atoms with Crippen molar-refractivity contribution >= 4 is 17.6 Å². The average Bonchev–Trinajstić information content (AvgIpc) is 2.15. The molecule has 6 heteroatoms. The van der Waals surface area contributed by atoms with Crippen molar-refractivity contribution in [3.63, 3.8) is 0 Å². The molecule has 0 radical (unpaired) electrons. The minimum atomic E-state index is -1.29. The van der Waals surface area contributed by atoms with Gasteiger partial charge in [-0.05, 0) is 12.1 Å². The number of aromatic carboxylic acids is 1. The van der Waals surface area contributed by atoms with Gasteiger partial charge < -0.3 is 20.3 Å². The van der Waals surface area contributed by atoms with Crippen LogP contribution in [0.2, 0.25) is 0 Å². The molecular weight excluding hydrogens is 209 g/mol. The Hall–Kier alpha value is -1.04. The summed E-state index contributed by atoms with van der Waals surface area (Å²) in [7, 11) is 0. The summed E-state index contributed by atoms with van der Waals surface area (Å²) in [5, 5.41) is 21.3. The molecule has 0 aromatic heterocycles. The fourth-order valence-electron chi connectivity index (χ4n) is 0.991. The van der Waals surface area contributed by atoms with E-state index in [0.717, 1.165) is 0 Å². The molecule has 1 aromatic carbocycles. The molecule has 1 rings (SSSR count). The third kappa shape index (κ3) is 4.33. The first-order valence-electron chi connectivity index (χ1n) is 3.87. The molecule has 0 bridgehead atoms. The van der Waals surface area contributed by atoms with Crippen molar-refractivity contribution in [2.24, 2.45) is 0 Å². The van der Waals surface area contributed by atoms with Crippen LogP contribution in [0.25, 0.3) is 0 Å². The molecule has 1 aromatic rings. The number of hydrogen-bond donors (Lipinski definition) is 2. The number of benzene rings is 1. The second kappa shape index (κ2) is 6.44. The maximum Gasteiger partial charge on any atom is 1.00 e. The molecule has 15 heavy (non-hydrogen) atoms. The Labute approximate surface area is 108 Å². The van der Waals surface area contributed by atoms with Crippen molar-refractivity contribution in [3.8, 4) is 0 Å². The number of carboxylic acid groups (broad SMARTS) is 2. The van der Waals surface area contributed by atoms with Crippen LogP contribution in [0.4, 0.5) is 5.69 Å². The molecule has 0 aliphatic carbocycles. The van der Waals surface area contributed by atoms with Gasteiger partial charge in [0.2, 0.25) is 0 Å². The van der Waals surface area contributed by atoms with E-state index in [2.05, 4.69) is 5.32 Å². The minimum absolute atomic E-state index is 0. The standard InChI is InChI=1S/C9H9NO4.Na/c11-8(12)5-10-7-4-2-1-3-6(7)9(13)14;/h1-4,10H,5H2,(H,11,12)(H,13,14);/q;+1/p-1. The fourth-order valence-corrected chi connectivity index (χ4v) is 0.991. The number of carbonyl (C=O) groups excluding carboxylic acids is 1. The van der Waals surface area contributed by atoms with Crippen molar-refractivity contribution in [2.75, 3.05) is 11.9 Å². The number of carbonyl (C=O) groups is 2. The van der Waals surface area contributed by atoms with Gasteiger partial charge in [0.05, 0.1) is 18.1 Å². The van der Waals surface area contributed by atoms with E-state index in [0.29, 0.717) is 0 Å². The smallest absolute Gasteiger partial charge is 0.548 e. The van der Waals surface area contributed by atoms with Gasteiger partial charge in [-0.1, -0.05) is 12.1 Å². The zero-order valence-electron chi connectivity index (χ0n) is 8.19. The van der Waals surface area contributed by atoms with Crippen LogP contribution in [-0.2, 0) is 4.79 Å². The van der Waals surface area contributed by atoms with Crippen LogP contribution in [0.3, 0.4) is 0 Å². The second-order valence-electron chi connectivity index (χ2n) is 2.58. The molecule has 0 aliphatic rings. The minimum Gasteiger partial charge on any atom is -0.548 e. The summed E-state index contributed by atoms with van der Waals surface area (Å²) in [6.45, 7) is -0.412. The molecule has 0 heterocycles. The van der Waals surface area contributed by atoms with Crippen LogP contribution in [0.5, 0.6) is 0 Å². The van der Waals surface area contributed by atoms with Crippen molar-refractivity contribution in [2.45, 2.75) is 0 Å². The van der Waals surface area contributed by atoms with Crippen molar-refractivity contribution in [1.82, 2.24) is 0 Å². The van der Waals surface area contributed by atoms with E-state index in [1.807, 2.05) is 0 Å². The van der Waals surface area contributed by atoms with Gasteiger partial charge >= 0.3 is 35.5 Å². The predicted octanol–water partition coefficient (Wildman–Crippen LogP) is -3.45. The monoisotopic (exact) mass is 217 g/mol. The number of anilines is 1. The van der Waals surface area contributed by atoms with Gasteiger partial charge in [0, 0.05) is 5.69 Å². The fraction of sp³-hybridized carbons (Fsp3) is 0.111. The number of hydrogen-bond acceptors (Lipinski definition) is 4. The van der Waals surface area contributed by atoms with Crippen molar-refractivity contribution in [3.05, 3.63) is 29.8 Å². The number of rotatable bonds is 4. The van der Waals surface area contributed by atoms with Gasteiger partial charge in [0.1, 0.15) is 0 Å². The maximum atomic E-state index is 10.7. The molecule has 74 valence electrons. The third-order valence-electron chi connectivity index (χ3n) is 1.58. The maximum absolute atomic E-state index is 10.7. The first kappa shape index (κ1) is 14.0. The van der Waals surface area contributed by atoms with Crippen molar-refractivity contribution < 1.29 is 49.4 Å². The average molecular weight is 217 g/mol. The number of para-hydroxylation sites is 1. The Bertz CT molecular complexity index is 367. The molecule has 0 atom stereocenters. The zero-order chi connectivity index (χ0) is 10.6. The number of carboxylic acids is 2. The Morgan fingerprint density at radius 1 is 1.33 bits per heavy atom. The number of nitrogens with one attached hydrogen (secondary N) is 1. The summed E-state index contributed by atoms with van der Waals surface area (Å²) in [6, 6.07) is 6.06. The largest absolute Gasteiger partial charge is 1.00 e. The predicted molar refractivity (Wildman–Crippen MR) is 46.9 cm³/mol. The molecule has 0 spiro atoms. The van der Waals surface area contributed by atoms with Crippen LogP contribution in [0, 0.1) is 0 Å². The normalized spacial score (nSPS) is 8.80. The van der Waals surface area contributed by atoms with Crippen LogP contribution in [0.15, 0.2) is 24.3 Å². The summed E-state index contributed by atoms with van der Waals surface area (Å²) in [5.41, 5.74) is 0.304. The zero-order valence-corrected chi connectivity index (χ0v) is 10.2. The van der Waals surface area contributed by atoms with E-state index in [4.69, 9.17) is 5.11 Å². The quantitative estimate of drug-likeness (QED) is 0.512. The molecule has 5 nitrogen and oxygen atoms in total. The second-order valence-corrected chi connectivity index (χ2v) is 2.58. The molecule has 0 amide bonds. The van der Waals surface area contributed by atoms with E-state index < -0.39 is 18.5 Å². The van der Waals surface area contributed by atoms with E-state index in [1.165, 1.54) is 12.1 Å². The van der Waals surface area contributed by atoms with Gasteiger partial charge in [-0.3, -0.25) is 0 Å². The van der Waals surface area contributed by atoms with Crippen LogP contribution in [0.1, 0.15) is 10.4 Å². The van der Waals surface area contributed by atoms with Gasteiger partial charge in [-0.2, -0.15) is 0 Å².